The van der Waals surface area contributed by atoms with Gasteiger partial charge < -0.3 is 4.57 Å². The lowest BCUT2D eigenvalue weighted by Gasteiger charge is -2.19. The molecule has 8 aromatic carbocycles. The van der Waals surface area contributed by atoms with Gasteiger partial charge in [-0.15, -0.1) is 0 Å². The lowest BCUT2D eigenvalue weighted by atomic mass is 9.90. The predicted octanol–water partition coefficient (Wildman–Crippen LogP) is 13.0. The van der Waals surface area contributed by atoms with E-state index >= 15 is 0 Å². The number of aromatic nitrogens is 4. The first kappa shape index (κ1) is 24.7. The topological polar surface area (TPSA) is 43.6 Å². The summed E-state index contributed by atoms with van der Waals surface area (Å²) in [5, 5.41) is -0.0511. The van der Waals surface area contributed by atoms with Crippen molar-refractivity contribution in [2.45, 2.75) is 0 Å². The number of fused-ring (bicyclic) bond motifs is 3. The Labute approximate surface area is 331 Å². The molecule has 0 aliphatic heterocycles. The molecule has 0 spiro atoms. The molecule has 0 radical (unpaired) electrons. The number of rotatable bonds is 7. The van der Waals surface area contributed by atoms with E-state index in [2.05, 4.69) is 18.2 Å². The summed E-state index contributed by atoms with van der Waals surface area (Å²) in [7, 11) is 0. The minimum atomic E-state index is -0.517. The molecule has 55 heavy (non-hydrogen) atoms. The van der Waals surface area contributed by atoms with E-state index in [9.17, 15) is 2.74 Å². The minimum Gasteiger partial charge on any atom is -0.308 e. The van der Waals surface area contributed by atoms with Crippen molar-refractivity contribution in [1.82, 2.24) is 19.5 Å². The summed E-state index contributed by atoms with van der Waals surface area (Å²) in [5.41, 5.74) is 7.50. The standard InChI is InChI=1S/C51H34N4/c1-5-18-35(19-6-1)39-32-40(36-20-7-2-8-21-36)34-41(33-39)42-28-17-31-47(55-45-29-15-13-26-43(45)44-27-14-16-30-46(44)55)48(42)51-53-49(37-22-9-3-10-23-37)52-50(54-51)38-24-11-4-12-25-38/h1-34H/i13D,14D,15D,16D,26D,27D,29D,30D. The number of nitrogens with zero attached hydrogens (tertiary/aromatic N) is 4. The van der Waals surface area contributed by atoms with E-state index in [-0.39, 0.29) is 27.6 Å². The molecule has 2 aromatic heterocycles. The van der Waals surface area contributed by atoms with Gasteiger partial charge in [-0.3, -0.25) is 0 Å². The summed E-state index contributed by atoms with van der Waals surface area (Å²) in [6.45, 7) is 0. The van der Waals surface area contributed by atoms with E-state index < -0.39 is 48.3 Å². The molecule has 0 saturated heterocycles. The Morgan fingerprint density at radius 3 is 1.27 bits per heavy atom. The molecule has 4 nitrogen and oxygen atoms in total. The highest BCUT2D eigenvalue weighted by molar-refractivity contribution is 6.10. The second-order valence-corrected chi connectivity index (χ2v) is 13.1. The molecule has 0 saturated carbocycles. The van der Waals surface area contributed by atoms with Gasteiger partial charge in [0.1, 0.15) is 0 Å². The summed E-state index contributed by atoms with van der Waals surface area (Å²) in [5.74, 6) is 1.000. The molecule has 10 aromatic rings. The second-order valence-electron chi connectivity index (χ2n) is 13.1. The summed E-state index contributed by atoms with van der Waals surface area (Å²) in [6, 6.07) is 47.3. The van der Waals surface area contributed by atoms with Crippen molar-refractivity contribution in [2.75, 3.05) is 0 Å². The van der Waals surface area contributed by atoms with Crippen molar-refractivity contribution in [2.24, 2.45) is 0 Å². The van der Waals surface area contributed by atoms with E-state index in [1.54, 1.807) is 6.07 Å². The molecule has 0 atom stereocenters. The molecule has 10 rings (SSSR count). The zero-order valence-electron chi connectivity index (χ0n) is 37.3. The maximum absolute atomic E-state index is 9.36. The molecule has 0 aliphatic rings. The molecule has 0 amide bonds. The maximum atomic E-state index is 9.36. The van der Waals surface area contributed by atoms with Gasteiger partial charge in [0.15, 0.2) is 17.5 Å². The average Bonchev–Trinajstić information content (AvgIpc) is 3.71. The third kappa shape index (κ3) is 5.96. The van der Waals surface area contributed by atoms with E-state index in [1.165, 1.54) is 4.57 Å². The Bertz CT molecular complexity index is 3220. The van der Waals surface area contributed by atoms with Crippen molar-refractivity contribution in [1.29, 1.82) is 0 Å². The van der Waals surface area contributed by atoms with Gasteiger partial charge in [-0.05, 0) is 69.7 Å². The Morgan fingerprint density at radius 1 is 0.364 bits per heavy atom. The molecule has 0 bridgehead atoms. The summed E-state index contributed by atoms with van der Waals surface area (Å²) < 4.78 is 73.5. The highest BCUT2D eigenvalue weighted by Gasteiger charge is 2.23. The molecule has 2 heterocycles. The van der Waals surface area contributed by atoms with Crippen LogP contribution in [0.1, 0.15) is 11.0 Å². The molecular weight excluding hydrogens is 669 g/mol. The quantitative estimate of drug-likeness (QED) is 0.165. The van der Waals surface area contributed by atoms with Gasteiger partial charge in [0.05, 0.1) is 33.3 Å². The van der Waals surface area contributed by atoms with E-state index in [0.29, 0.717) is 28.5 Å². The Hall–Kier alpha value is -7.43. The van der Waals surface area contributed by atoms with Crippen molar-refractivity contribution in [3.05, 3.63) is 206 Å². The third-order valence-electron chi connectivity index (χ3n) is 9.70. The minimum absolute atomic E-state index is 0.00923. The van der Waals surface area contributed by atoms with Crippen LogP contribution >= 0.6 is 0 Å². The fourth-order valence-electron chi connectivity index (χ4n) is 7.16. The van der Waals surface area contributed by atoms with Crippen LogP contribution in [0.4, 0.5) is 0 Å². The second kappa shape index (κ2) is 13.8. The van der Waals surface area contributed by atoms with Gasteiger partial charge in [-0.1, -0.05) is 170 Å². The first-order chi connectivity index (χ1) is 30.6. The summed E-state index contributed by atoms with van der Waals surface area (Å²) >= 11 is 0. The van der Waals surface area contributed by atoms with Gasteiger partial charge in [0.25, 0.3) is 0 Å². The van der Waals surface area contributed by atoms with E-state index in [1.807, 2.05) is 133 Å². The van der Waals surface area contributed by atoms with Crippen molar-refractivity contribution in [3.8, 4) is 73.2 Å². The summed E-state index contributed by atoms with van der Waals surface area (Å²) in [6.07, 6.45) is 0. The fraction of sp³-hybridized carbons (Fsp3) is 0. The first-order valence-corrected chi connectivity index (χ1v) is 17.9. The van der Waals surface area contributed by atoms with Crippen LogP contribution in [-0.4, -0.2) is 19.5 Å². The van der Waals surface area contributed by atoms with Gasteiger partial charge in [0, 0.05) is 21.9 Å². The first-order valence-electron chi connectivity index (χ1n) is 21.9. The van der Waals surface area contributed by atoms with Crippen LogP contribution in [0.25, 0.3) is 95.0 Å². The zero-order chi connectivity index (χ0) is 43.5. The van der Waals surface area contributed by atoms with Crippen molar-refractivity contribution >= 4 is 21.8 Å². The van der Waals surface area contributed by atoms with Gasteiger partial charge in [-0.25, -0.2) is 15.0 Å². The lowest BCUT2D eigenvalue weighted by Crippen LogP contribution is -2.05. The van der Waals surface area contributed by atoms with Crippen LogP contribution in [0, 0.1) is 0 Å². The Balaban J connectivity index is 1.41. The van der Waals surface area contributed by atoms with Crippen LogP contribution in [0.15, 0.2) is 206 Å². The number of hydrogen-bond donors (Lipinski definition) is 0. The van der Waals surface area contributed by atoms with Crippen LogP contribution in [0.5, 0.6) is 0 Å². The Kier molecular flexibility index (Phi) is 6.23. The SMILES string of the molecule is [2H]c1c([2H])c([2H])c2c(c1[2H])c1c([2H])c([2H])c([2H])c([2H])c1n2-c1cccc(-c2cc(-c3ccccc3)cc(-c3ccccc3)c2)c1-c1nc(-c2ccccc2)nc(-c2ccccc2)n1. The van der Waals surface area contributed by atoms with Crippen LogP contribution < -0.4 is 0 Å². The van der Waals surface area contributed by atoms with Gasteiger partial charge >= 0.3 is 0 Å². The van der Waals surface area contributed by atoms with Crippen LogP contribution in [0.2, 0.25) is 0 Å². The molecule has 0 N–H and O–H groups in total. The maximum Gasteiger partial charge on any atom is 0.166 e. The molecular formula is C51H34N4. The number of hydrogen-bond acceptors (Lipinski definition) is 3. The smallest absolute Gasteiger partial charge is 0.166 e. The van der Waals surface area contributed by atoms with Crippen molar-refractivity contribution < 1.29 is 11.0 Å². The van der Waals surface area contributed by atoms with E-state index in [0.717, 1.165) is 38.9 Å². The lowest BCUT2D eigenvalue weighted by molar-refractivity contribution is 1.06. The molecule has 4 heteroatoms. The van der Waals surface area contributed by atoms with Crippen molar-refractivity contribution in [3.63, 3.8) is 0 Å². The summed E-state index contributed by atoms with van der Waals surface area (Å²) in [4.78, 5) is 15.3. The fourth-order valence-corrected chi connectivity index (χ4v) is 7.16. The highest BCUT2D eigenvalue weighted by atomic mass is 15.1. The van der Waals surface area contributed by atoms with Gasteiger partial charge in [0.2, 0.25) is 0 Å². The zero-order valence-corrected chi connectivity index (χ0v) is 29.3. The third-order valence-corrected chi connectivity index (χ3v) is 9.70. The Morgan fingerprint density at radius 2 is 0.782 bits per heavy atom. The normalized spacial score (nSPS) is 13.3. The number of benzene rings is 8. The van der Waals surface area contributed by atoms with Gasteiger partial charge in [-0.2, -0.15) is 0 Å². The van der Waals surface area contributed by atoms with Crippen LogP contribution in [0.3, 0.4) is 0 Å². The highest BCUT2D eigenvalue weighted by Crippen LogP contribution is 2.43. The average molecular weight is 711 g/mol. The monoisotopic (exact) mass is 710 g/mol. The molecule has 258 valence electrons. The van der Waals surface area contributed by atoms with Crippen LogP contribution in [-0.2, 0) is 0 Å². The molecule has 0 aliphatic carbocycles. The predicted molar refractivity (Wildman–Crippen MR) is 227 cm³/mol. The molecule has 0 fully saturated rings. The molecule has 0 unspecified atom stereocenters. The van der Waals surface area contributed by atoms with E-state index in [4.69, 9.17) is 23.2 Å². The number of para-hydroxylation sites is 2. The largest absolute Gasteiger partial charge is 0.308 e.